The summed E-state index contributed by atoms with van der Waals surface area (Å²) in [7, 11) is 2.14. The molecule has 1 saturated carbocycles. The molecule has 0 amide bonds. The summed E-state index contributed by atoms with van der Waals surface area (Å²) < 4.78 is 0. The van der Waals surface area contributed by atoms with Gasteiger partial charge in [0.1, 0.15) is 0 Å². The van der Waals surface area contributed by atoms with Crippen molar-refractivity contribution in [3.05, 3.63) is 35.4 Å². The summed E-state index contributed by atoms with van der Waals surface area (Å²) in [5.41, 5.74) is 2.86. The molecule has 106 valence electrons. The fraction of sp³-hybridized carbons (Fsp3) is 0.667. The number of hydrogen-bond donors (Lipinski definition) is 1. The fourth-order valence-electron chi connectivity index (χ4n) is 3.83. The zero-order chi connectivity index (χ0) is 13.7. The van der Waals surface area contributed by atoms with Crippen LogP contribution >= 0.6 is 0 Å². The first-order valence-electron chi connectivity index (χ1n) is 7.97. The van der Waals surface area contributed by atoms with E-state index in [0.717, 1.165) is 11.8 Å². The van der Waals surface area contributed by atoms with E-state index in [1.165, 1.54) is 49.7 Å². The molecule has 1 nitrogen and oxygen atoms in total. The Morgan fingerprint density at radius 2 is 2.05 bits per heavy atom. The molecule has 1 heteroatoms. The lowest BCUT2D eigenvalue weighted by Crippen LogP contribution is -2.40. The van der Waals surface area contributed by atoms with Crippen LogP contribution in [0.1, 0.15) is 50.2 Å². The number of benzene rings is 1. The van der Waals surface area contributed by atoms with Gasteiger partial charge in [-0.2, -0.15) is 0 Å². The molecule has 1 aromatic rings. The number of rotatable bonds is 5. The molecule has 1 aliphatic rings. The third-order valence-corrected chi connectivity index (χ3v) is 4.92. The van der Waals surface area contributed by atoms with Gasteiger partial charge in [0.25, 0.3) is 0 Å². The molecule has 0 radical (unpaired) electrons. The van der Waals surface area contributed by atoms with Crippen LogP contribution in [0, 0.1) is 18.8 Å². The average Bonchev–Trinajstić information content (AvgIpc) is 2.45. The van der Waals surface area contributed by atoms with E-state index in [1.54, 1.807) is 0 Å². The molecule has 0 aromatic heterocycles. The Hall–Kier alpha value is -0.820. The van der Waals surface area contributed by atoms with Crippen LogP contribution in [0.15, 0.2) is 24.3 Å². The van der Waals surface area contributed by atoms with E-state index in [1.807, 2.05) is 0 Å². The third-order valence-electron chi connectivity index (χ3n) is 4.92. The molecule has 0 spiro atoms. The average molecular weight is 259 g/mol. The smallest absolute Gasteiger partial charge is 0.0135 e. The Bertz CT molecular complexity index is 385. The van der Waals surface area contributed by atoms with Gasteiger partial charge in [0.15, 0.2) is 0 Å². The van der Waals surface area contributed by atoms with Gasteiger partial charge in [-0.25, -0.2) is 0 Å². The van der Waals surface area contributed by atoms with Crippen molar-refractivity contribution in [3.63, 3.8) is 0 Å². The molecule has 0 bridgehead atoms. The second-order valence-electron chi connectivity index (χ2n) is 6.20. The van der Waals surface area contributed by atoms with E-state index >= 15 is 0 Å². The fourth-order valence-corrected chi connectivity index (χ4v) is 3.83. The summed E-state index contributed by atoms with van der Waals surface area (Å²) in [6.07, 6.45) is 8.24. The first-order valence-corrected chi connectivity index (χ1v) is 7.97. The van der Waals surface area contributed by atoms with Crippen molar-refractivity contribution in [2.45, 2.75) is 58.4 Å². The van der Waals surface area contributed by atoms with Crippen LogP contribution in [0.5, 0.6) is 0 Å². The first kappa shape index (κ1) is 14.6. The molecule has 1 fully saturated rings. The summed E-state index contributed by atoms with van der Waals surface area (Å²) in [6.45, 7) is 4.55. The van der Waals surface area contributed by atoms with E-state index in [0.29, 0.717) is 6.04 Å². The van der Waals surface area contributed by atoms with Crippen LogP contribution in [0.25, 0.3) is 0 Å². The van der Waals surface area contributed by atoms with Crippen molar-refractivity contribution in [1.29, 1.82) is 0 Å². The van der Waals surface area contributed by atoms with E-state index < -0.39 is 0 Å². The maximum absolute atomic E-state index is 3.60. The van der Waals surface area contributed by atoms with Gasteiger partial charge in [0.2, 0.25) is 0 Å². The zero-order valence-corrected chi connectivity index (χ0v) is 12.8. The Kier molecular flexibility index (Phi) is 5.45. The SMILES string of the molecule is CCC1CCCCC1C(Cc1cccc(C)c1)NC. The minimum Gasteiger partial charge on any atom is -0.316 e. The molecule has 0 heterocycles. The maximum Gasteiger partial charge on any atom is 0.0135 e. The number of nitrogens with one attached hydrogen (secondary N) is 1. The first-order chi connectivity index (χ1) is 9.24. The zero-order valence-electron chi connectivity index (χ0n) is 12.8. The lowest BCUT2D eigenvalue weighted by molar-refractivity contribution is 0.179. The van der Waals surface area contributed by atoms with Crippen molar-refractivity contribution in [3.8, 4) is 0 Å². The molecular formula is C18H29N. The topological polar surface area (TPSA) is 12.0 Å². The van der Waals surface area contributed by atoms with Crippen molar-refractivity contribution < 1.29 is 0 Å². The molecular weight excluding hydrogens is 230 g/mol. The summed E-state index contributed by atoms with van der Waals surface area (Å²) in [5, 5.41) is 3.60. The second kappa shape index (κ2) is 7.09. The largest absolute Gasteiger partial charge is 0.316 e. The highest BCUT2D eigenvalue weighted by atomic mass is 14.9. The van der Waals surface area contributed by atoms with Gasteiger partial charge in [-0.1, -0.05) is 62.4 Å². The van der Waals surface area contributed by atoms with Crippen LogP contribution < -0.4 is 5.32 Å². The van der Waals surface area contributed by atoms with Crippen molar-refractivity contribution in [2.24, 2.45) is 11.8 Å². The van der Waals surface area contributed by atoms with Gasteiger partial charge >= 0.3 is 0 Å². The van der Waals surface area contributed by atoms with Gasteiger partial charge in [0, 0.05) is 6.04 Å². The van der Waals surface area contributed by atoms with E-state index in [2.05, 4.69) is 50.5 Å². The lowest BCUT2D eigenvalue weighted by atomic mass is 9.72. The number of aryl methyl sites for hydroxylation is 1. The molecule has 3 unspecified atom stereocenters. The van der Waals surface area contributed by atoms with Crippen LogP contribution in [0.2, 0.25) is 0 Å². The molecule has 1 aliphatic carbocycles. The quantitative estimate of drug-likeness (QED) is 0.829. The third kappa shape index (κ3) is 3.82. The van der Waals surface area contributed by atoms with Gasteiger partial charge in [-0.3, -0.25) is 0 Å². The molecule has 2 rings (SSSR count). The predicted octanol–water partition coefficient (Wildman–Crippen LogP) is 4.34. The molecule has 1 aromatic carbocycles. The van der Waals surface area contributed by atoms with Crippen LogP contribution in [-0.4, -0.2) is 13.1 Å². The molecule has 19 heavy (non-hydrogen) atoms. The monoisotopic (exact) mass is 259 g/mol. The van der Waals surface area contributed by atoms with Gasteiger partial charge in [-0.15, -0.1) is 0 Å². The lowest BCUT2D eigenvalue weighted by Gasteiger charge is -2.37. The van der Waals surface area contributed by atoms with Crippen molar-refractivity contribution >= 4 is 0 Å². The highest BCUT2D eigenvalue weighted by Crippen LogP contribution is 2.35. The highest BCUT2D eigenvalue weighted by molar-refractivity contribution is 5.23. The Labute approximate surface area is 118 Å². The number of likely N-dealkylation sites (N-methyl/N-ethyl adjacent to an activating group) is 1. The normalized spacial score (nSPS) is 25.2. The standard InChI is InChI=1S/C18H29N/c1-4-16-10-5-6-11-17(16)18(19-3)13-15-9-7-8-14(2)12-15/h7-9,12,16-19H,4-6,10-11,13H2,1-3H3. The second-order valence-corrected chi connectivity index (χ2v) is 6.20. The van der Waals surface area contributed by atoms with E-state index in [9.17, 15) is 0 Å². The van der Waals surface area contributed by atoms with Crippen LogP contribution in [0.4, 0.5) is 0 Å². The molecule has 1 N–H and O–H groups in total. The summed E-state index contributed by atoms with van der Waals surface area (Å²) in [6, 6.07) is 9.64. The van der Waals surface area contributed by atoms with Crippen LogP contribution in [0.3, 0.4) is 0 Å². The van der Waals surface area contributed by atoms with Gasteiger partial charge in [-0.05, 0) is 44.2 Å². The highest BCUT2D eigenvalue weighted by Gasteiger charge is 2.29. The summed E-state index contributed by atoms with van der Waals surface area (Å²) in [5.74, 6) is 1.79. The summed E-state index contributed by atoms with van der Waals surface area (Å²) in [4.78, 5) is 0. The summed E-state index contributed by atoms with van der Waals surface area (Å²) >= 11 is 0. The number of hydrogen-bond acceptors (Lipinski definition) is 1. The molecule has 0 saturated heterocycles. The van der Waals surface area contributed by atoms with Crippen LogP contribution in [-0.2, 0) is 6.42 Å². The maximum atomic E-state index is 3.60. The molecule has 0 aliphatic heterocycles. The van der Waals surface area contributed by atoms with Gasteiger partial charge in [0.05, 0.1) is 0 Å². The van der Waals surface area contributed by atoms with Gasteiger partial charge < -0.3 is 5.32 Å². The minimum atomic E-state index is 0.645. The van der Waals surface area contributed by atoms with Crippen molar-refractivity contribution in [1.82, 2.24) is 5.32 Å². The van der Waals surface area contributed by atoms with E-state index in [4.69, 9.17) is 0 Å². The van der Waals surface area contributed by atoms with E-state index in [-0.39, 0.29) is 0 Å². The Morgan fingerprint density at radius 3 is 2.74 bits per heavy atom. The minimum absolute atomic E-state index is 0.645. The van der Waals surface area contributed by atoms with Crippen molar-refractivity contribution in [2.75, 3.05) is 7.05 Å². The predicted molar refractivity (Wildman–Crippen MR) is 83.5 cm³/mol. The Morgan fingerprint density at radius 1 is 1.26 bits per heavy atom. The Balaban J connectivity index is 2.06. The molecule has 3 atom stereocenters.